The molecule has 0 saturated heterocycles. The lowest BCUT2D eigenvalue weighted by Crippen LogP contribution is -2.20. The average molecular weight is 599 g/mol. The van der Waals surface area contributed by atoms with Crippen LogP contribution in [0.3, 0.4) is 0 Å². The summed E-state index contributed by atoms with van der Waals surface area (Å²) in [7, 11) is 1.55. The number of carboxylic acids is 2. The zero-order valence-corrected chi connectivity index (χ0v) is 24.6. The summed E-state index contributed by atoms with van der Waals surface area (Å²) < 4.78 is 17.9. The van der Waals surface area contributed by atoms with Crippen molar-refractivity contribution in [2.24, 2.45) is 11.8 Å². The van der Waals surface area contributed by atoms with Crippen LogP contribution in [0, 0.1) is 24.6 Å². The third-order valence-corrected chi connectivity index (χ3v) is 7.07. The van der Waals surface area contributed by atoms with Gasteiger partial charge < -0.3 is 14.9 Å². The van der Waals surface area contributed by atoms with Gasteiger partial charge in [0.25, 0.3) is 0 Å². The molecule has 7 nitrogen and oxygen atoms in total. The minimum absolute atomic E-state index is 0.0211. The molecule has 0 amide bonds. The number of rotatable bonds is 13. The van der Waals surface area contributed by atoms with Gasteiger partial charge in [0, 0.05) is 24.0 Å². The van der Waals surface area contributed by atoms with Crippen molar-refractivity contribution in [1.29, 1.82) is 0 Å². The highest BCUT2D eigenvalue weighted by Gasteiger charge is 2.23. The molecule has 0 aliphatic carbocycles. The van der Waals surface area contributed by atoms with E-state index in [1.54, 1.807) is 43.5 Å². The number of benzene rings is 4. The Morgan fingerprint density at radius 3 is 1.50 bits per heavy atom. The lowest BCUT2D eigenvalue weighted by molar-refractivity contribution is -0.142. The van der Waals surface area contributed by atoms with Crippen molar-refractivity contribution < 1.29 is 38.5 Å². The minimum Gasteiger partial charge on any atom is -0.497 e. The number of hydrogen-bond acceptors (Lipinski definition) is 5. The van der Waals surface area contributed by atoms with E-state index in [4.69, 9.17) is 4.74 Å². The van der Waals surface area contributed by atoms with Gasteiger partial charge in [-0.1, -0.05) is 72.3 Å². The molecular formula is C36H35FO7. The van der Waals surface area contributed by atoms with Crippen molar-refractivity contribution in [3.05, 3.63) is 137 Å². The fourth-order valence-corrected chi connectivity index (χ4v) is 4.50. The Balaban J connectivity index is 0.000000241. The van der Waals surface area contributed by atoms with Crippen molar-refractivity contribution in [3.63, 3.8) is 0 Å². The van der Waals surface area contributed by atoms with Gasteiger partial charge in [-0.3, -0.25) is 19.2 Å². The molecule has 0 spiro atoms. The van der Waals surface area contributed by atoms with Gasteiger partial charge in [0.1, 0.15) is 11.6 Å². The molecule has 8 heteroatoms. The number of aliphatic carboxylic acids is 2. The molecule has 0 heterocycles. The lowest BCUT2D eigenvalue weighted by Gasteiger charge is -2.12. The van der Waals surface area contributed by atoms with Crippen LogP contribution in [-0.2, 0) is 22.4 Å². The van der Waals surface area contributed by atoms with Crippen LogP contribution in [0.2, 0.25) is 0 Å². The Morgan fingerprint density at radius 2 is 1.07 bits per heavy atom. The molecule has 0 aliphatic heterocycles. The lowest BCUT2D eigenvalue weighted by atomic mass is 9.92. The number of Topliss-reactive ketones (excluding diaryl/α,β-unsaturated/α-hetero) is 2. The Labute approximate surface area is 256 Å². The first-order valence-corrected chi connectivity index (χ1v) is 14.1. The van der Waals surface area contributed by atoms with Crippen molar-refractivity contribution in [2.75, 3.05) is 7.11 Å². The van der Waals surface area contributed by atoms with Gasteiger partial charge in [-0.25, -0.2) is 4.39 Å². The molecule has 4 aromatic rings. The number of hydrogen-bond donors (Lipinski definition) is 2. The molecule has 4 rings (SSSR count). The van der Waals surface area contributed by atoms with Crippen LogP contribution >= 0.6 is 0 Å². The number of carbonyl (C=O) groups is 4. The van der Waals surface area contributed by atoms with Crippen molar-refractivity contribution in [1.82, 2.24) is 0 Å². The summed E-state index contributed by atoms with van der Waals surface area (Å²) in [6.07, 6.45) is 0.500. The highest BCUT2D eigenvalue weighted by Crippen LogP contribution is 2.20. The molecule has 0 fully saturated rings. The number of carbonyl (C=O) groups excluding carboxylic acids is 2. The van der Waals surface area contributed by atoms with Crippen molar-refractivity contribution >= 4 is 23.5 Å². The Morgan fingerprint density at radius 1 is 0.636 bits per heavy atom. The van der Waals surface area contributed by atoms with E-state index in [0.29, 0.717) is 23.3 Å². The van der Waals surface area contributed by atoms with Crippen LogP contribution in [-0.4, -0.2) is 40.8 Å². The summed E-state index contributed by atoms with van der Waals surface area (Å²) in [5, 5.41) is 18.7. The number of halogens is 1. The van der Waals surface area contributed by atoms with Gasteiger partial charge in [-0.05, 0) is 67.3 Å². The van der Waals surface area contributed by atoms with E-state index in [9.17, 15) is 33.8 Å². The van der Waals surface area contributed by atoms with Gasteiger partial charge in [0.05, 0.1) is 18.9 Å². The van der Waals surface area contributed by atoms with Gasteiger partial charge >= 0.3 is 11.9 Å². The summed E-state index contributed by atoms with van der Waals surface area (Å²) in [6.45, 7) is 1.95. The zero-order chi connectivity index (χ0) is 32.1. The number of aryl methyl sites for hydroxylation is 1. The number of carboxylic acid groups (broad SMARTS) is 2. The maximum Gasteiger partial charge on any atom is 0.307 e. The predicted octanol–water partition coefficient (Wildman–Crippen LogP) is 6.86. The first kappa shape index (κ1) is 33.4. The highest BCUT2D eigenvalue weighted by molar-refractivity contribution is 5.98. The molecule has 2 atom stereocenters. The van der Waals surface area contributed by atoms with E-state index < -0.39 is 29.6 Å². The fourth-order valence-electron chi connectivity index (χ4n) is 4.50. The largest absolute Gasteiger partial charge is 0.497 e. The second-order valence-corrected chi connectivity index (χ2v) is 10.4. The summed E-state index contributed by atoms with van der Waals surface area (Å²) in [5.74, 6) is -3.68. The summed E-state index contributed by atoms with van der Waals surface area (Å²) in [6, 6.07) is 28.8. The van der Waals surface area contributed by atoms with Crippen LogP contribution in [0.4, 0.5) is 4.39 Å². The summed E-state index contributed by atoms with van der Waals surface area (Å²) in [4.78, 5) is 47.1. The fraction of sp³-hybridized carbons (Fsp3) is 0.222. The molecule has 0 bridgehead atoms. The summed E-state index contributed by atoms with van der Waals surface area (Å²) >= 11 is 0. The molecule has 44 heavy (non-hydrogen) atoms. The molecule has 4 aromatic carbocycles. The smallest absolute Gasteiger partial charge is 0.307 e. The second kappa shape index (κ2) is 16.5. The summed E-state index contributed by atoms with van der Waals surface area (Å²) in [5.41, 5.74) is 3.70. The number of ether oxygens (including phenoxy) is 1. The minimum atomic E-state index is -1.03. The van der Waals surface area contributed by atoms with Crippen LogP contribution in [0.25, 0.3) is 0 Å². The van der Waals surface area contributed by atoms with Crippen LogP contribution in [0.5, 0.6) is 5.75 Å². The third kappa shape index (κ3) is 10.6. The standard InChI is InChI=1S/C18H17FO4.C18H18O3/c1-23-16-8-2-12(3-9-16)10-14(18(21)22)11-17(20)13-4-6-15(19)7-5-13;1-13-7-9-15(10-8-13)17(19)12-16(18(20)21)11-14-5-3-2-4-6-14/h2-9,14H,10-11H2,1H3,(H,21,22);2-10,16H,11-12H2,1H3,(H,20,21). The zero-order valence-electron chi connectivity index (χ0n) is 24.6. The monoisotopic (exact) mass is 598 g/mol. The molecule has 228 valence electrons. The molecular weight excluding hydrogens is 563 g/mol. The molecule has 0 saturated carbocycles. The highest BCUT2D eigenvalue weighted by atomic mass is 19.1. The van der Waals surface area contributed by atoms with Gasteiger partial charge in [0.2, 0.25) is 0 Å². The quantitative estimate of drug-likeness (QED) is 0.161. The van der Waals surface area contributed by atoms with Crippen LogP contribution in [0.15, 0.2) is 103 Å². The van der Waals surface area contributed by atoms with Gasteiger partial charge in [0.15, 0.2) is 11.6 Å². The Hall–Kier alpha value is -5.11. The third-order valence-electron chi connectivity index (χ3n) is 7.07. The SMILES string of the molecule is COc1ccc(CC(CC(=O)c2ccc(F)cc2)C(=O)O)cc1.Cc1ccc(C(=O)CC(Cc2ccccc2)C(=O)O)cc1. The number of ketones is 2. The van der Waals surface area contributed by atoms with Gasteiger partial charge in [-0.15, -0.1) is 0 Å². The topological polar surface area (TPSA) is 118 Å². The van der Waals surface area contributed by atoms with E-state index >= 15 is 0 Å². The Bertz CT molecular complexity index is 1530. The normalized spacial score (nSPS) is 11.8. The maximum absolute atomic E-state index is 12.9. The van der Waals surface area contributed by atoms with E-state index in [0.717, 1.165) is 16.7 Å². The average Bonchev–Trinajstić information content (AvgIpc) is 3.02. The first-order valence-electron chi connectivity index (χ1n) is 14.1. The molecule has 0 aromatic heterocycles. The maximum atomic E-state index is 12.9. The molecule has 2 N–H and O–H groups in total. The van der Waals surface area contributed by atoms with Crippen molar-refractivity contribution in [3.8, 4) is 5.75 Å². The Kier molecular flexibility index (Phi) is 12.5. The number of methoxy groups -OCH3 is 1. The molecule has 2 unspecified atom stereocenters. The van der Waals surface area contributed by atoms with Crippen molar-refractivity contribution in [2.45, 2.75) is 32.6 Å². The van der Waals surface area contributed by atoms with Crippen LogP contribution < -0.4 is 4.74 Å². The van der Waals surface area contributed by atoms with E-state index in [1.807, 2.05) is 49.4 Å². The second-order valence-electron chi connectivity index (χ2n) is 10.4. The molecule has 0 radical (unpaired) electrons. The van der Waals surface area contributed by atoms with E-state index in [1.165, 1.54) is 24.3 Å². The van der Waals surface area contributed by atoms with E-state index in [-0.39, 0.29) is 30.8 Å². The molecule has 0 aliphatic rings. The first-order chi connectivity index (χ1) is 21.0. The van der Waals surface area contributed by atoms with E-state index in [2.05, 4.69) is 0 Å². The van der Waals surface area contributed by atoms with Crippen LogP contribution in [0.1, 0.15) is 50.2 Å². The predicted molar refractivity (Wildman–Crippen MR) is 165 cm³/mol. The van der Waals surface area contributed by atoms with Gasteiger partial charge in [-0.2, -0.15) is 0 Å².